The molecule has 0 fully saturated rings. The van der Waals surface area contributed by atoms with E-state index in [-0.39, 0.29) is 0 Å². The molecule has 0 bridgehead atoms. The molecule has 0 aliphatic carbocycles. The molecule has 0 amide bonds. The number of hydrogen-bond acceptors (Lipinski definition) is 0. The van der Waals surface area contributed by atoms with Crippen molar-refractivity contribution >= 4 is 24.9 Å². The van der Waals surface area contributed by atoms with Crippen LogP contribution in [0, 0.1) is 0 Å². The lowest BCUT2D eigenvalue weighted by Gasteiger charge is -2.22. The summed E-state index contributed by atoms with van der Waals surface area (Å²) in [5.41, 5.74) is 1.39. The summed E-state index contributed by atoms with van der Waals surface area (Å²) >= 11 is 5.91. The summed E-state index contributed by atoms with van der Waals surface area (Å²) in [6.07, 6.45) is 1.14. The molecular formula is C16H19ClSi. The van der Waals surface area contributed by atoms with E-state index in [1.54, 1.807) is 5.19 Å². The van der Waals surface area contributed by atoms with Gasteiger partial charge in [0.2, 0.25) is 0 Å². The van der Waals surface area contributed by atoms with Crippen LogP contribution < -0.4 is 5.19 Å². The average molecular weight is 275 g/mol. The van der Waals surface area contributed by atoms with Crippen LogP contribution in [0.15, 0.2) is 54.6 Å². The molecule has 94 valence electrons. The van der Waals surface area contributed by atoms with E-state index in [0.29, 0.717) is 0 Å². The largest absolute Gasteiger partial charge is 0.0843 e. The van der Waals surface area contributed by atoms with Crippen LogP contribution in [0.5, 0.6) is 0 Å². The Hall–Kier alpha value is -1.05. The highest BCUT2D eigenvalue weighted by atomic mass is 35.5. The third-order valence-corrected chi connectivity index (χ3v) is 7.16. The Morgan fingerprint density at radius 2 is 1.50 bits per heavy atom. The molecule has 0 unspecified atom stereocenters. The third kappa shape index (κ3) is 3.47. The van der Waals surface area contributed by atoms with Crippen LogP contribution in [0.1, 0.15) is 5.56 Å². The summed E-state index contributed by atoms with van der Waals surface area (Å²) < 4.78 is 0. The fourth-order valence-corrected chi connectivity index (χ4v) is 4.56. The van der Waals surface area contributed by atoms with E-state index in [2.05, 4.69) is 55.6 Å². The maximum atomic E-state index is 5.91. The highest BCUT2D eigenvalue weighted by molar-refractivity contribution is 6.89. The zero-order valence-corrected chi connectivity index (χ0v) is 12.7. The minimum absolute atomic E-state index is 0.818. The average Bonchev–Trinajstić information content (AvgIpc) is 2.39. The monoisotopic (exact) mass is 274 g/mol. The number of aryl methyl sites for hydroxylation is 1. The van der Waals surface area contributed by atoms with E-state index in [1.165, 1.54) is 11.6 Å². The van der Waals surface area contributed by atoms with E-state index in [4.69, 9.17) is 11.6 Å². The molecule has 18 heavy (non-hydrogen) atoms. The fraction of sp³-hybridized carbons (Fsp3) is 0.250. The smallest absolute Gasteiger partial charge is 0.0809 e. The number of benzene rings is 2. The van der Waals surface area contributed by atoms with E-state index >= 15 is 0 Å². The minimum atomic E-state index is -1.31. The second-order valence-corrected chi connectivity index (χ2v) is 10.7. The topological polar surface area (TPSA) is 0 Å². The van der Waals surface area contributed by atoms with Gasteiger partial charge in [-0.2, -0.15) is 0 Å². The maximum absolute atomic E-state index is 5.91. The predicted octanol–water partition coefficient (Wildman–Crippen LogP) is 4.50. The van der Waals surface area contributed by atoms with Gasteiger partial charge in [-0.1, -0.05) is 72.3 Å². The van der Waals surface area contributed by atoms with Crippen LogP contribution >= 0.6 is 11.6 Å². The van der Waals surface area contributed by atoms with Crippen LogP contribution in [0.25, 0.3) is 0 Å². The first-order chi connectivity index (χ1) is 8.58. The van der Waals surface area contributed by atoms with Gasteiger partial charge in [-0.3, -0.25) is 0 Å². The van der Waals surface area contributed by atoms with Gasteiger partial charge in [-0.05, 0) is 30.2 Å². The molecule has 2 aromatic rings. The second kappa shape index (κ2) is 5.72. The van der Waals surface area contributed by atoms with Crippen molar-refractivity contribution in [3.05, 3.63) is 65.2 Å². The molecule has 0 radical (unpaired) electrons. The molecule has 0 atom stereocenters. The molecule has 0 nitrogen and oxygen atoms in total. The van der Waals surface area contributed by atoms with E-state index in [9.17, 15) is 0 Å². The van der Waals surface area contributed by atoms with Crippen molar-refractivity contribution in [1.29, 1.82) is 0 Å². The minimum Gasteiger partial charge on any atom is -0.0843 e. The standard InChI is InChI=1S/C16H19ClSi/c1-18(2,16-6-4-3-5-7-16)13-12-14-8-10-15(17)11-9-14/h3-11H,12-13H2,1-2H3. The molecule has 2 rings (SSSR count). The quantitative estimate of drug-likeness (QED) is 0.720. The number of halogens is 1. The Balaban J connectivity index is 2.03. The summed E-state index contributed by atoms with van der Waals surface area (Å²) in [6.45, 7) is 4.89. The summed E-state index contributed by atoms with van der Waals surface area (Å²) in [5.74, 6) is 0. The highest BCUT2D eigenvalue weighted by Crippen LogP contribution is 2.16. The molecule has 0 aliphatic heterocycles. The lowest BCUT2D eigenvalue weighted by molar-refractivity contribution is 1.10. The first-order valence-electron chi connectivity index (χ1n) is 6.38. The van der Waals surface area contributed by atoms with Gasteiger partial charge in [-0.15, -0.1) is 0 Å². The van der Waals surface area contributed by atoms with Gasteiger partial charge in [0.15, 0.2) is 0 Å². The second-order valence-electron chi connectivity index (χ2n) is 5.38. The Bertz CT molecular complexity index is 488. The van der Waals surface area contributed by atoms with E-state index < -0.39 is 8.07 Å². The Kier molecular flexibility index (Phi) is 4.26. The van der Waals surface area contributed by atoms with Crippen molar-refractivity contribution in [3.63, 3.8) is 0 Å². The summed E-state index contributed by atoms with van der Waals surface area (Å²) in [5, 5.41) is 2.36. The summed E-state index contributed by atoms with van der Waals surface area (Å²) in [7, 11) is -1.31. The normalized spacial score (nSPS) is 11.5. The zero-order valence-electron chi connectivity index (χ0n) is 11.0. The van der Waals surface area contributed by atoms with Gasteiger partial charge in [0.1, 0.15) is 0 Å². The molecule has 0 aromatic heterocycles. The van der Waals surface area contributed by atoms with E-state index in [1.807, 2.05) is 12.1 Å². The first-order valence-corrected chi connectivity index (χ1v) is 9.96. The Morgan fingerprint density at radius 3 is 2.11 bits per heavy atom. The van der Waals surface area contributed by atoms with E-state index in [0.717, 1.165) is 11.4 Å². The van der Waals surface area contributed by atoms with Gasteiger partial charge < -0.3 is 0 Å². The van der Waals surface area contributed by atoms with Gasteiger partial charge in [0.05, 0.1) is 8.07 Å². The SMILES string of the molecule is C[Si](C)(CCc1ccc(Cl)cc1)c1ccccc1. The lowest BCUT2D eigenvalue weighted by atomic mass is 10.2. The highest BCUT2D eigenvalue weighted by Gasteiger charge is 2.22. The predicted molar refractivity (Wildman–Crippen MR) is 83.5 cm³/mol. The van der Waals surface area contributed by atoms with Crippen LogP contribution in [-0.2, 0) is 6.42 Å². The molecule has 0 saturated heterocycles. The van der Waals surface area contributed by atoms with Crippen molar-refractivity contribution in [3.8, 4) is 0 Å². The molecule has 0 heterocycles. The number of rotatable bonds is 4. The zero-order chi connectivity index (χ0) is 13.0. The van der Waals surface area contributed by atoms with Crippen LogP contribution in [-0.4, -0.2) is 8.07 Å². The van der Waals surface area contributed by atoms with Crippen molar-refractivity contribution in [2.24, 2.45) is 0 Å². The van der Waals surface area contributed by atoms with Gasteiger partial charge in [-0.25, -0.2) is 0 Å². The van der Waals surface area contributed by atoms with Crippen molar-refractivity contribution in [1.82, 2.24) is 0 Å². The van der Waals surface area contributed by atoms with Crippen LogP contribution in [0.2, 0.25) is 24.2 Å². The molecule has 0 spiro atoms. The molecular weight excluding hydrogens is 256 g/mol. The fourth-order valence-electron chi connectivity index (χ4n) is 2.14. The summed E-state index contributed by atoms with van der Waals surface area (Å²) in [4.78, 5) is 0. The first kappa shape index (κ1) is 13.4. The Morgan fingerprint density at radius 1 is 0.889 bits per heavy atom. The summed E-state index contributed by atoms with van der Waals surface area (Å²) in [6, 6.07) is 20.4. The van der Waals surface area contributed by atoms with Crippen molar-refractivity contribution in [2.45, 2.75) is 25.6 Å². The molecule has 2 aromatic carbocycles. The van der Waals surface area contributed by atoms with Gasteiger partial charge >= 0.3 is 0 Å². The number of hydrogen-bond donors (Lipinski definition) is 0. The van der Waals surface area contributed by atoms with Crippen LogP contribution in [0.4, 0.5) is 0 Å². The maximum Gasteiger partial charge on any atom is 0.0809 e. The molecule has 2 heteroatoms. The molecule has 0 aliphatic rings. The molecule has 0 saturated carbocycles. The van der Waals surface area contributed by atoms with Gasteiger partial charge in [0, 0.05) is 5.02 Å². The molecule has 0 N–H and O–H groups in total. The Labute approximate surface area is 116 Å². The van der Waals surface area contributed by atoms with Crippen molar-refractivity contribution < 1.29 is 0 Å². The third-order valence-electron chi connectivity index (χ3n) is 3.51. The van der Waals surface area contributed by atoms with Gasteiger partial charge in [0.25, 0.3) is 0 Å². The lowest BCUT2D eigenvalue weighted by Crippen LogP contribution is -2.41. The van der Waals surface area contributed by atoms with Crippen molar-refractivity contribution in [2.75, 3.05) is 0 Å². The van der Waals surface area contributed by atoms with Crippen LogP contribution in [0.3, 0.4) is 0 Å².